The number of hydrogen-bond donors (Lipinski definition) is 1. The lowest BCUT2D eigenvalue weighted by Gasteiger charge is -2.14. The molecule has 5 nitrogen and oxygen atoms in total. The summed E-state index contributed by atoms with van der Waals surface area (Å²) in [5.74, 6) is -0.253. The maximum absolute atomic E-state index is 11.8. The second-order valence-electron chi connectivity index (χ2n) is 3.74. The van der Waals surface area contributed by atoms with Crippen molar-refractivity contribution in [2.75, 3.05) is 13.6 Å². The molecule has 0 aliphatic rings. The Bertz CT molecular complexity index is 408. The molecule has 1 N–H and O–H groups in total. The summed E-state index contributed by atoms with van der Waals surface area (Å²) in [6.45, 7) is 3.73. The van der Waals surface area contributed by atoms with E-state index in [1.54, 1.807) is 27.0 Å². The fraction of sp³-hybridized carbons (Fsp3) is 0.455. The van der Waals surface area contributed by atoms with Crippen LogP contribution in [0.2, 0.25) is 0 Å². The van der Waals surface area contributed by atoms with Crippen molar-refractivity contribution in [3.8, 4) is 0 Å². The third-order valence-corrected chi connectivity index (χ3v) is 2.24. The smallest absolute Gasteiger partial charge is 0.305 e. The fourth-order valence-electron chi connectivity index (χ4n) is 1.39. The summed E-state index contributed by atoms with van der Waals surface area (Å²) in [4.78, 5) is 23.5. The molecule has 0 aliphatic carbocycles. The summed E-state index contributed by atoms with van der Waals surface area (Å²) in [5, 5.41) is 8.51. The van der Waals surface area contributed by atoms with E-state index in [9.17, 15) is 9.59 Å². The van der Waals surface area contributed by atoms with E-state index in [4.69, 9.17) is 9.52 Å². The molecule has 1 heterocycles. The Kier molecular flexibility index (Phi) is 3.71. The van der Waals surface area contributed by atoms with Crippen LogP contribution < -0.4 is 0 Å². The molecule has 0 radical (unpaired) electrons. The second-order valence-corrected chi connectivity index (χ2v) is 3.74. The molecule has 0 saturated heterocycles. The van der Waals surface area contributed by atoms with Gasteiger partial charge in [0, 0.05) is 19.2 Å². The van der Waals surface area contributed by atoms with Crippen LogP contribution in [0.15, 0.2) is 10.5 Å². The van der Waals surface area contributed by atoms with Crippen LogP contribution in [0, 0.1) is 13.8 Å². The molecule has 0 bridgehead atoms. The van der Waals surface area contributed by atoms with Gasteiger partial charge in [0.25, 0.3) is 5.91 Å². The highest BCUT2D eigenvalue weighted by molar-refractivity contribution is 5.93. The number of carboxylic acid groups (broad SMARTS) is 1. The number of aryl methyl sites for hydroxylation is 2. The summed E-state index contributed by atoms with van der Waals surface area (Å²) in [5.41, 5.74) is 0.768. The quantitative estimate of drug-likeness (QED) is 0.841. The van der Waals surface area contributed by atoms with Crippen LogP contribution in [0.3, 0.4) is 0 Å². The molecule has 1 rings (SSSR count). The Labute approximate surface area is 93.7 Å². The van der Waals surface area contributed by atoms with E-state index in [2.05, 4.69) is 0 Å². The lowest BCUT2D eigenvalue weighted by molar-refractivity contribution is -0.137. The van der Waals surface area contributed by atoms with E-state index in [1.807, 2.05) is 0 Å². The van der Waals surface area contributed by atoms with Gasteiger partial charge in [-0.05, 0) is 19.9 Å². The van der Waals surface area contributed by atoms with Crippen molar-refractivity contribution in [3.63, 3.8) is 0 Å². The van der Waals surface area contributed by atoms with E-state index >= 15 is 0 Å². The zero-order chi connectivity index (χ0) is 12.3. The predicted molar refractivity (Wildman–Crippen MR) is 57.4 cm³/mol. The lowest BCUT2D eigenvalue weighted by Crippen LogP contribution is -2.29. The first-order valence-electron chi connectivity index (χ1n) is 4.96. The molecule has 0 saturated carbocycles. The zero-order valence-corrected chi connectivity index (χ0v) is 9.61. The third kappa shape index (κ3) is 2.85. The molecule has 0 unspecified atom stereocenters. The molecule has 5 heteroatoms. The molecule has 1 amide bonds. The highest BCUT2D eigenvalue weighted by Crippen LogP contribution is 2.15. The van der Waals surface area contributed by atoms with E-state index in [1.165, 1.54) is 4.90 Å². The predicted octanol–water partition coefficient (Wildman–Crippen LogP) is 1.44. The Morgan fingerprint density at radius 2 is 2.06 bits per heavy atom. The van der Waals surface area contributed by atoms with Crippen molar-refractivity contribution < 1.29 is 19.1 Å². The van der Waals surface area contributed by atoms with Gasteiger partial charge in [-0.3, -0.25) is 9.59 Å². The van der Waals surface area contributed by atoms with Crippen molar-refractivity contribution in [3.05, 3.63) is 23.2 Å². The van der Waals surface area contributed by atoms with Gasteiger partial charge in [0.1, 0.15) is 5.76 Å². The number of amides is 1. The van der Waals surface area contributed by atoms with Crippen molar-refractivity contribution in [1.29, 1.82) is 0 Å². The molecule has 0 fully saturated rings. The number of carbonyl (C=O) groups is 2. The monoisotopic (exact) mass is 225 g/mol. The standard InChI is InChI=1S/C11H15NO4/c1-7-6-8(2)16-10(7)11(15)12(3)5-4-9(13)14/h6H,4-5H2,1-3H3,(H,13,14). The number of hydrogen-bond acceptors (Lipinski definition) is 3. The van der Waals surface area contributed by atoms with Crippen LogP contribution in [0.1, 0.15) is 28.3 Å². The number of rotatable bonds is 4. The lowest BCUT2D eigenvalue weighted by atomic mass is 10.2. The molecule has 1 aromatic heterocycles. The molecule has 0 spiro atoms. The average molecular weight is 225 g/mol. The normalized spacial score (nSPS) is 10.2. The van der Waals surface area contributed by atoms with Gasteiger partial charge in [0.2, 0.25) is 0 Å². The van der Waals surface area contributed by atoms with Gasteiger partial charge in [-0.1, -0.05) is 0 Å². The van der Waals surface area contributed by atoms with Gasteiger partial charge in [-0.25, -0.2) is 0 Å². The number of nitrogens with zero attached hydrogens (tertiary/aromatic N) is 1. The third-order valence-electron chi connectivity index (χ3n) is 2.24. The molecule has 0 atom stereocenters. The minimum Gasteiger partial charge on any atom is -0.481 e. The first-order valence-corrected chi connectivity index (χ1v) is 4.96. The van der Waals surface area contributed by atoms with Crippen LogP contribution in [0.5, 0.6) is 0 Å². The number of carbonyl (C=O) groups excluding carboxylic acids is 1. The summed E-state index contributed by atoms with van der Waals surface area (Å²) in [6, 6.07) is 1.78. The maximum atomic E-state index is 11.8. The number of aliphatic carboxylic acids is 1. The Balaban J connectivity index is 2.70. The highest BCUT2D eigenvalue weighted by Gasteiger charge is 2.18. The van der Waals surface area contributed by atoms with Crippen LogP contribution in [0.25, 0.3) is 0 Å². The van der Waals surface area contributed by atoms with Gasteiger partial charge in [-0.2, -0.15) is 0 Å². The van der Waals surface area contributed by atoms with Crippen LogP contribution in [-0.2, 0) is 4.79 Å². The van der Waals surface area contributed by atoms with E-state index in [0.717, 1.165) is 5.56 Å². The van der Waals surface area contributed by atoms with E-state index in [-0.39, 0.29) is 24.6 Å². The highest BCUT2D eigenvalue weighted by atomic mass is 16.4. The van der Waals surface area contributed by atoms with Gasteiger partial charge >= 0.3 is 5.97 Å². The van der Waals surface area contributed by atoms with Crippen molar-refractivity contribution in [2.45, 2.75) is 20.3 Å². The summed E-state index contributed by atoms with van der Waals surface area (Å²) >= 11 is 0. The van der Waals surface area contributed by atoms with Gasteiger partial charge < -0.3 is 14.4 Å². The summed E-state index contributed by atoms with van der Waals surface area (Å²) in [7, 11) is 1.56. The van der Waals surface area contributed by atoms with Gasteiger partial charge in [0.05, 0.1) is 6.42 Å². The largest absolute Gasteiger partial charge is 0.481 e. The SMILES string of the molecule is Cc1cc(C)c(C(=O)N(C)CCC(=O)O)o1. The molecule has 0 aliphatic heterocycles. The van der Waals surface area contributed by atoms with Gasteiger partial charge in [0.15, 0.2) is 5.76 Å². The first kappa shape index (κ1) is 12.3. The van der Waals surface area contributed by atoms with Crippen molar-refractivity contribution in [1.82, 2.24) is 4.90 Å². The van der Waals surface area contributed by atoms with Crippen LogP contribution in [-0.4, -0.2) is 35.5 Å². The van der Waals surface area contributed by atoms with Crippen LogP contribution in [0.4, 0.5) is 0 Å². The molecular weight excluding hydrogens is 210 g/mol. The molecule has 1 aromatic rings. The zero-order valence-electron chi connectivity index (χ0n) is 9.61. The number of furan rings is 1. The average Bonchev–Trinajstić information content (AvgIpc) is 2.53. The Hall–Kier alpha value is -1.78. The number of carboxylic acids is 1. The molecule has 0 aromatic carbocycles. The van der Waals surface area contributed by atoms with Crippen LogP contribution >= 0.6 is 0 Å². The van der Waals surface area contributed by atoms with Gasteiger partial charge in [-0.15, -0.1) is 0 Å². The minimum absolute atomic E-state index is 0.0685. The second kappa shape index (κ2) is 4.83. The van der Waals surface area contributed by atoms with Crippen molar-refractivity contribution in [2.24, 2.45) is 0 Å². The first-order chi connectivity index (χ1) is 7.41. The molecule has 88 valence electrons. The summed E-state index contributed by atoms with van der Waals surface area (Å²) in [6.07, 6.45) is -0.0685. The van der Waals surface area contributed by atoms with E-state index in [0.29, 0.717) is 5.76 Å². The summed E-state index contributed by atoms with van der Waals surface area (Å²) < 4.78 is 5.27. The Morgan fingerprint density at radius 1 is 1.44 bits per heavy atom. The van der Waals surface area contributed by atoms with E-state index < -0.39 is 5.97 Å². The van der Waals surface area contributed by atoms with Crippen molar-refractivity contribution >= 4 is 11.9 Å². The molecule has 16 heavy (non-hydrogen) atoms. The molecular formula is C11H15NO4. The topological polar surface area (TPSA) is 70.8 Å². The maximum Gasteiger partial charge on any atom is 0.305 e. The minimum atomic E-state index is -0.924. The Morgan fingerprint density at radius 3 is 2.50 bits per heavy atom. The fourth-order valence-corrected chi connectivity index (χ4v) is 1.39.